The molecule has 3 aromatic heterocycles. The third kappa shape index (κ3) is 17.4. The fourth-order valence-corrected chi connectivity index (χ4v) is 26.6. The molecule has 25 heteroatoms. The first-order chi connectivity index (χ1) is 51.8. The van der Waals surface area contributed by atoms with E-state index < -0.39 is 42.6 Å². The Kier molecular flexibility index (Phi) is 28.7. The van der Waals surface area contributed by atoms with E-state index in [1.54, 1.807) is 9.48 Å². The minimum absolute atomic E-state index is 0. The number of ketones is 3. The van der Waals surface area contributed by atoms with Gasteiger partial charge < -0.3 is 26.9 Å². The van der Waals surface area contributed by atoms with Crippen molar-refractivity contribution in [2.45, 2.75) is 224 Å². The van der Waals surface area contributed by atoms with Gasteiger partial charge in [0.1, 0.15) is 66.5 Å². The number of thiocarbonyl (C=S) groups is 1. The molecule has 108 heavy (non-hydrogen) atoms. The number of Topliss-reactive ketones (excluding diaryl/α,β-unsaturated/α-hetero) is 3. The largest absolute Gasteiger partial charge is 1.00 e. The summed E-state index contributed by atoms with van der Waals surface area (Å²) in [7, 11) is 0. The predicted octanol–water partition coefficient (Wildman–Crippen LogP) is 8.99. The van der Waals surface area contributed by atoms with Crippen molar-refractivity contribution >= 4 is 90.9 Å². The van der Waals surface area contributed by atoms with Crippen molar-refractivity contribution in [2.75, 3.05) is 25.4 Å². The Morgan fingerprint density at radius 1 is 0.546 bits per heavy atom. The number of hydrogen-bond acceptors (Lipinski definition) is 16. The summed E-state index contributed by atoms with van der Waals surface area (Å²) in [6.07, 6.45) is 27.3. The molecule has 580 valence electrons. The van der Waals surface area contributed by atoms with E-state index in [1.807, 2.05) is 72.8 Å². The number of carbonyl (C=O) groups excluding carboxylic acids is 4. The molecule has 24 atom stereocenters. The Hall–Kier alpha value is -2.19. The number of hydrogen-bond donors (Lipinski definition) is 4. The third-order valence-corrected chi connectivity index (χ3v) is 31.5. The van der Waals surface area contributed by atoms with Crippen LogP contribution in [0.25, 0.3) is 33.1 Å². The first kappa shape index (κ1) is 83.7. The van der Waals surface area contributed by atoms with Gasteiger partial charge in [-0.3, -0.25) is 19.2 Å². The number of aliphatic hydroxyl groups is 3. The van der Waals surface area contributed by atoms with E-state index in [0.29, 0.717) is 139 Å². The van der Waals surface area contributed by atoms with Gasteiger partial charge in [0.15, 0.2) is 11.6 Å². The van der Waals surface area contributed by atoms with Gasteiger partial charge in [0.2, 0.25) is 0 Å². The Labute approximate surface area is 737 Å². The van der Waals surface area contributed by atoms with Gasteiger partial charge in [-0.05, 0) is 321 Å². The van der Waals surface area contributed by atoms with Crippen molar-refractivity contribution in [3.05, 3.63) is 72.8 Å². The first-order valence-corrected chi connectivity index (χ1v) is 41.4. The maximum atomic E-state index is 13.6. The Morgan fingerprint density at radius 2 is 0.889 bits per heavy atom. The summed E-state index contributed by atoms with van der Waals surface area (Å²) in [5.41, 5.74) is 2.43. The second-order valence-electron chi connectivity index (χ2n) is 35.6. The number of alkyl halides is 4. The number of para-hydroxylation sites is 3. The molecular formula is C83H113BrF3K2N9O9S. The monoisotopic (exact) mass is 1630 g/mol. The average molecular weight is 1630 g/mol. The number of aromatic amines is 1. The van der Waals surface area contributed by atoms with Crippen molar-refractivity contribution in [2.24, 2.45) is 123 Å². The number of halogens is 4. The van der Waals surface area contributed by atoms with Crippen LogP contribution in [-0.4, -0.2) is 133 Å². The zero-order valence-corrected chi connectivity index (χ0v) is 72.7. The van der Waals surface area contributed by atoms with E-state index >= 15 is 0 Å². The first-order valence-electron chi connectivity index (χ1n) is 40.9. The standard InChI is InChI=1S/2C27H36FN3O2.C21H32BrFO2.C6H5N3.CH2O3.CH2S.2K.H/c1-26-12-10-19-18-11-13-27(33,16-28)14-17(18)6-7-20(19)21(26)8-9-22(26)25(32)15-31-24-5-3-2-4-23(24)29-30-31;1-26-12-10-19-18-11-13-27(33,16-28)14-17(18)6-7-20(19)21(26)8-9-22(26)25(32)15-31-29-23-4-2-3-5-24(23)30-31;1-20-8-6-15-14-7-9-21(25,12-23)10-13(14)2-3-16(15)17(20)4-5-18(20)19(24)11-22;1-2-4-6-5(3-1)7-9-8-6;2-1-4-3;1-2;;;/h2*2-5,17-22,33H,6-16H2,1H3;13-18,25H,2-12H2,1H3;1-4H,(H,7,8,9);1,3H;1H2;;;/q;;;;;;2*+1;-1/p-1/t2*17-,18+,19-,20-,21+,22-,26+,27-;13-,14+,15-,16-,17+,18-,20+,21-;;;;;;/m111....../s1/i;;;;;1D2;;;. The van der Waals surface area contributed by atoms with E-state index in [9.17, 15) is 42.9 Å². The molecule has 0 amide bonds. The van der Waals surface area contributed by atoms with Crippen LogP contribution in [0.2, 0.25) is 0 Å². The molecule has 0 bridgehead atoms. The van der Waals surface area contributed by atoms with Crippen molar-refractivity contribution in [1.29, 1.82) is 0 Å². The summed E-state index contributed by atoms with van der Waals surface area (Å²) >= 11 is 7.26. The smallest absolute Gasteiger partial charge is 1.00 e. The van der Waals surface area contributed by atoms with Gasteiger partial charge >= 0.3 is 103 Å². The van der Waals surface area contributed by atoms with Crippen molar-refractivity contribution in [3.8, 4) is 0 Å². The molecule has 18 rings (SSSR count). The van der Waals surface area contributed by atoms with Crippen LogP contribution in [0.5, 0.6) is 0 Å². The number of benzene rings is 3. The zero-order valence-electron chi connectivity index (χ0n) is 67.0. The fourth-order valence-electron chi connectivity index (χ4n) is 26.2. The number of aromatic nitrogens is 9. The van der Waals surface area contributed by atoms with Gasteiger partial charge in [-0.15, -0.1) is 5.10 Å². The van der Waals surface area contributed by atoms with Crippen LogP contribution in [0.3, 0.4) is 0 Å². The summed E-state index contributed by atoms with van der Waals surface area (Å²) in [5, 5.41) is 68.3. The van der Waals surface area contributed by atoms with Crippen LogP contribution in [0.1, 0.15) is 198 Å². The van der Waals surface area contributed by atoms with E-state index in [2.05, 4.69) is 89.7 Å². The summed E-state index contributed by atoms with van der Waals surface area (Å²) < 4.78 is 53.8. The molecule has 0 aliphatic heterocycles. The molecule has 3 aromatic carbocycles. The minimum atomic E-state index is -1.08. The zero-order chi connectivity index (χ0) is 76.5. The summed E-state index contributed by atoms with van der Waals surface area (Å²) in [6, 6.07) is 23.3. The van der Waals surface area contributed by atoms with Crippen LogP contribution in [0.4, 0.5) is 13.2 Å². The normalized spacial score (nSPS) is 39.4. The van der Waals surface area contributed by atoms with Crippen LogP contribution < -0.4 is 108 Å². The van der Waals surface area contributed by atoms with Crippen LogP contribution in [-0.2, 0) is 37.2 Å². The topological polar surface area (TPSA) is 264 Å². The molecule has 4 N–H and O–H groups in total. The van der Waals surface area contributed by atoms with E-state index in [0.717, 1.165) is 128 Å². The fraction of sp³-hybridized carbons (Fsp3) is 0.723. The summed E-state index contributed by atoms with van der Waals surface area (Å²) in [6.45, 7) is 5.77. The average Bonchev–Trinajstić information content (AvgIpc) is 1.66. The SMILES string of the molecule is C[C@]12CC[C@H]3[C@@H](CC[C@@H]4C[C@@](O)(CF)CC[C@@H]43)[C@@H]1CC[C@@H]2C(=O)CBr.C[C@]12CC[C@H]3[C@@H](CC[C@@H]4C[C@@](O)(CF)CC[C@@H]43)[C@@H]1CC[C@@H]2C(=O)Cn1nc2ccccc2n1.C[C@]12CC[C@H]3[C@@H](CC[C@@H]4C[C@@](O)(CF)CC[C@@H]43)[C@@H]1CC[C@@H]2C(=O)Cn1nnc2ccccc21.O=CO[O-].[2H]C([2H])=S.[H-].[K+].[K+].c1ccc2n[nH]nc2c1. The molecule has 0 radical (unpaired) electrons. The van der Waals surface area contributed by atoms with E-state index in [1.165, 1.54) is 51.4 Å². The number of nitrogens with one attached hydrogen (secondary N) is 1. The van der Waals surface area contributed by atoms with Gasteiger partial charge in [-0.25, -0.2) is 17.9 Å². The van der Waals surface area contributed by atoms with Gasteiger partial charge in [0, 0.05) is 17.8 Å². The second kappa shape index (κ2) is 37.0. The van der Waals surface area contributed by atoms with Crippen LogP contribution in [0.15, 0.2) is 72.8 Å². The van der Waals surface area contributed by atoms with Crippen molar-refractivity contribution in [3.63, 3.8) is 0 Å². The van der Waals surface area contributed by atoms with Gasteiger partial charge in [0.25, 0.3) is 6.47 Å². The molecule has 18 nitrogen and oxygen atoms in total. The van der Waals surface area contributed by atoms with E-state index in [4.69, 9.17) is 12.8 Å². The molecular weight excluding hydrogens is 1510 g/mol. The number of carbonyl (C=O) groups is 4. The third-order valence-electron chi connectivity index (χ3n) is 31.0. The number of rotatable bonds is 12. The molecule has 12 aliphatic carbocycles. The Balaban J connectivity index is 0.000000159. The summed E-state index contributed by atoms with van der Waals surface area (Å²) in [5.74, 6) is 10.6. The molecule has 3 heterocycles. The quantitative estimate of drug-likeness (QED) is 0.0222. The molecule has 0 spiro atoms. The van der Waals surface area contributed by atoms with Crippen LogP contribution >= 0.6 is 28.1 Å². The van der Waals surface area contributed by atoms with Crippen molar-refractivity contribution < 1.29 is 165 Å². The molecule has 0 saturated heterocycles. The van der Waals surface area contributed by atoms with Gasteiger partial charge in [0.05, 0.1) is 30.4 Å². The van der Waals surface area contributed by atoms with E-state index in [-0.39, 0.29) is 157 Å². The van der Waals surface area contributed by atoms with Gasteiger partial charge in [-0.1, -0.05) is 90.5 Å². The number of H-pyrrole nitrogens is 1. The van der Waals surface area contributed by atoms with Crippen molar-refractivity contribution in [1.82, 2.24) is 45.4 Å². The maximum Gasteiger partial charge on any atom is 1.00 e. The Morgan fingerprint density at radius 3 is 1.26 bits per heavy atom. The van der Waals surface area contributed by atoms with Gasteiger partial charge in [-0.2, -0.15) is 30.4 Å². The molecule has 12 aliphatic rings. The molecule has 6 aromatic rings. The number of nitrogens with zero attached hydrogens (tertiary/aromatic N) is 8. The molecule has 12 saturated carbocycles. The Bertz CT molecular complexity index is 4070. The summed E-state index contributed by atoms with van der Waals surface area (Å²) in [4.78, 5) is 52.3. The minimum Gasteiger partial charge on any atom is -1.00 e. The number of fused-ring (bicyclic) bond motifs is 18. The predicted molar refractivity (Wildman–Crippen MR) is 405 cm³/mol. The molecule has 12 fully saturated rings. The second-order valence-corrected chi connectivity index (χ2v) is 36.2. The van der Waals surface area contributed by atoms with Crippen LogP contribution in [0, 0.1) is 123 Å². The maximum absolute atomic E-state index is 13.6. The molecule has 0 unspecified atom stereocenters.